The van der Waals surface area contributed by atoms with Crippen LogP contribution in [0.4, 0.5) is 22.4 Å². The standard InChI is InChI=1S/C28H27F4NO3/c1-17(2)23-13-24(26(35-3)14-25(23)29)22-10-9-20(28(30,31)32)12-19(22)15-33-21(16-36-27(33)34)11-18-7-5-4-6-8-18/h4-10,12-14,17,21H,11,15-16H2,1-3H3/t21-/m1/s1. The SMILES string of the molecule is COc1cc(F)c(C(C)C)cc1-c1ccc(C(F)(F)F)cc1CN1C(=O)OC[C@H]1Cc1ccccc1. The fourth-order valence-corrected chi connectivity index (χ4v) is 4.48. The van der Waals surface area contributed by atoms with Gasteiger partial charge in [0.1, 0.15) is 18.2 Å². The minimum Gasteiger partial charge on any atom is -0.496 e. The van der Waals surface area contributed by atoms with E-state index in [2.05, 4.69) is 0 Å². The van der Waals surface area contributed by atoms with Gasteiger partial charge in [-0.1, -0.05) is 50.2 Å². The Morgan fingerprint density at radius 1 is 1.06 bits per heavy atom. The highest BCUT2D eigenvalue weighted by atomic mass is 19.4. The summed E-state index contributed by atoms with van der Waals surface area (Å²) in [5.41, 5.74) is 1.72. The van der Waals surface area contributed by atoms with E-state index in [1.165, 1.54) is 24.1 Å². The smallest absolute Gasteiger partial charge is 0.416 e. The Hall–Kier alpha value is -3.55. The molecule has 0 saturated carbocycles. The Morgan fingerprint density at radius 3 is 2.42 bits per heavy atom. The number of halogens is 4. The first-order valence-electron chi connectivity index (χ1n) is 11.6. The van der Waals surface area contributed by atoms with Crippen LogP contribution in [0.25, 0.3) is 11.1 Å². The molecule has 0 radical (unpaired) electrons. The first-order chi connectivity index (χ1) is 17.1. The highest BCUT2D eigenvalue weighted by Crippen LogP contribution is 2.40. The lowest BCUT2D eigenvalue weighted by atomic mass is 9.92. The van der Waals surface area contributed by atoms with Crippen molar-refractivity contribution in [2.24, 2.45) is 0 Å². The van der Waals surface area contributed by atoms with Crippen LogP contribution in [0.2, 0.25) is 0 Å². The molecule has 1 saturated heterocycles. The molecule has 0 N–H and O–H groups in total. The number of cyclic esters (lactones) is 1. The zero-order valence-corrected chi connectivity index (χ0v) is 20.2. The maximum absolute atomic E-state index is 14.6. The summed E-state index contributed by atoms with van der Waals surface area (Å²) in [7, 11) is 1.38. The molecule has 1 heterocycles. The maximum atomic E-state index is 14.6. The Balaban J connectivity index is 1.79. The Morgan fingerprint density at radius 2 is 1.78 bits per heavy atom. The molecule has 0 aromatic heterocycles. The summed E-state index contributed by atoms with van der Waals surface area (Å²) in [5, 5.41) is 0. The Bertz CT molecular complexity index is 1240. The van der Waals surface area contributed by atoms with E-state index in [9.17, 15) is 22.4 Å². The van der Waals surface area contributed by atoms with Crippen LogP contribution in [0.5, 0.6) is 5.75 Å². The van der Waals surface area contributed by atoms with Gasteiger partial charge in [-0.2, -0.15) is 13.2 Å². The van der Waals surface area contributed by atoms with Crippen molar-refractivity contribution in [2.45, 2.75) is 44.9 Å². The van der Waals surface area contributed by atoms with E-state index in [1.54, 1.807) is 6.07 Å². The molecule has 3 aromatic carbocycles. The van der Waals surface area contributed by atoms with E-state index >= 15 is 0 Å². The summed E-state index contributed by atoms with van der Waals surface area (Å²) in [6.07, 6.45) is -4.66. The number of rotatable bonds is 7. The zero-order chi connectivity index (χ0) is 26.0. The third-order valence-electron chi connectivity index (χ3n) is 6.39. The van der Waals surface area contributed by atoms with E-state index in [1.807, 2.05) is 44.2 Å². The van der Waals surface area contributed by atoms with Gasteiger partial charge in [0.15, 0.2) is 0 Å². The van der Waals surface area contributed by atoms with Gasteiger partial charge < -0.3 is 9.47 Å². The van der Waals surface area contributed by atoms with Gasteiger partial charge in [-0.15, -0.1) is 0 Å². The first kappa shape index (κ1) is 25.5. The lowest BCUT2D eigenvalue weighted by Gasteiger charge is -2.24. The number of alkyl halides is 3. The quantitative estimate of drug-likeness (QED) is 0.321. The normalized spacial score (nSPS) is 15.9. The highest BCUT2D eigenvalue weighted by molar-refractivity contribution is 5.76. The number of amides is 1. The second-order valence-corrected chi connectivity index (χ2v) is 9.15. The van der Waals surface area contributed by atoms with Gasteiger partial charge in [-0.05, 0) is 52.8 Å². The predicted molar refractivity (Wildman–Crippen MR) is 128 cm³/mol. The molecule has 0 bridgehead atoms. The van der Waals surface area contributed by atoms with Crippen LogP contribution in [0.3, 0.4) is 0 Å². The Kier molecular flexibility index (Phi) is 7.24. The number of carbonyl (C=O) groups excluding carboxylic acids is 1. The average Bonchev–Trinajstić information content (AvgIpc) is 3.17. The molecule has 1 fully saturated rings. The van der Waals surface area contributed by atoms with Crippen molar-refractivity contribution in [1.82, 2.24) is 4.90 Å². The minimum absolute atomic E-state index is 0.104. The summed E-state index contributed by atoms with van der Waals surface area (Å²) in [6.45, 7) is 3.69. The molecule has 3 aromatic rings. The summed E-state index contributed by atoms with van der Waals surface area (Å²) in [5.74, 6) is -0.413. The second-order valence-electron chi connectivity index (χ2n) is 9.15. The van der Waals surface area contributed by atoms with Crippen molar-refractivity contribution in [3.8, 4) is 16.9 Å². The molecule has 190 valence electrons. The molecular formula is C28H27F4NO3. The highest BCUT2D eigenvalue weighted by Gasteiger charge is 2.35. The summed E-state index contributed by atoms with van der Waals surface area (Å²) < 4.78 is 66.2. The number of hydrogen-bond acceptors (Lipinski definition) is 3. The van der Waals surface area contributed by atoms with Gasteiger partial charge in [0.25, 0.3) is 0 Å². The third kappa shape index (κ3) is 5.32. The first-order valence-corrected chi connectivity index (χ1v) is 11.6. The van der Waals surface area contributed by atoms with Crippen molar-refractivity contribution in [1.29, 1.82) is 0 Å². The van der Waals surface area contributed by atoms with Gasteiger partial charge in [-0.3, -0.25) is 4.90 Å². The van der Waals surface area contributed by atoms with Gasteiger partial charge >= 0.3 is 12.3 Å². The molecule has 0 aliphatic carbocycles. The molecule has 4 nitrogen and oxygen atoms in total. The summed E-state index contributed by atoms with van der Waals surface area (Å²) in [4.78, 5) is 14.1. The Labute approximate surface area is 207 Å². The lowest BCUT2D eigenvalue weighted by molar-refractivity contribution is -0.137. The summed E-state index contributed by atoms with van der Waals surface area (Å²) >= 11 is 0. The number of nitrogens with zero attached hydrogens (tertiary/aromatic N) is 1. The minimum atomic E-state index is -4.57. The summed E-state index contributed by atoms with van der Waals surface area (Å²) in [6, 6.07) is 15.4. The zero-order valence-electron chi connectivity index (χ0n) is 20.2. The van der Waals surface area contributed by atoms with E-state index in [-0.39, 0.29) is 36.4 Å². The van der Waals surface area contributed by atoms with E-state index in [0.29, 0.717) is 23.1 Å². The van der Waals surface area contributed by atoms with Crippen molar-refractivity contribution in [2.75, 3.05) is 13.7 Å². The average molecular weight is 502 g/mol. The molecule has 1 aliphatic rings. The fourth-order valence-electron chi connectivity index (χ4n) is 4.48. The van der Waals surface area contributed by atoms with Crippen molar-refractivity contribution >= 4 is 6.09 Å². The van der Waals surface area contributed by atoms with Crippen molar-refractivity contribution in [3.05, 3.63) is 88.7 Å². The van der Waals surface area contributed by atoms with Crippen LogP contribution in [-0.2, 0) is 23.9 Å². The molecule has 1 aliphatic heterocycles. The molecule has 36 heavy (non-hydrogen) atoms. The lowest BCUT2D eigenvalue weighted by Crippen LogP contribution is -2.34. The molecular weight excluding hydrogens is 474 g/mol. The third-order valence-corrected chi connectivity index (χ3v) is 6.39. The molecule has 1 amide bonds. The van der Waals surface area contributed by atoms with Crippen LogP contribution >= 0.6 is 0 Å². The van der Waals surface area contributed by atoms with Crippen LogP contribution in [-0.4, -0.2) is 30.8 Å². The van der Waals surface area contributed by atoms with E-state index in [0.717, 1.165) is 17.7 Å². The van der Waals surface area contributed by atoms with Gasteiger partial charge in [0.2, 0.25) is 0 Å². The number of methoxy groups -OCH3 is 1. The van der Waals surface area contributed by atoms with Crippen LogP contribution in [0, 0.1) is 5.82 Å². The molecule has 4 rings (SSSR count). The van der Waals surface area contributed by atoms with Crippen LogP contribution in [0.1, 0.15) is 42.0 Å². The van der Waals surface area contributed by atoms with Crippen molar-refractivity contribution in [3.63, 3.8) is 0 Å². The van der Waals surface area contributed by atoms with Crippen LogP contribution in [0.15, 0.2) is 60.7 Å². The van der Waals surface area contributed by atoms with E-state index < -0.39 is 23.7 Å². The van der Waals surface area contributed by atoms with Gasteiger partial charge in [-0.25, -0.2) is 9.18 Å². The fraction of sp³-hybridized carbons (Fsp3) is 0.321. The molecule has 1 atom stereocenters. The molecule has 0 spiro atoms. The molecule has 8 heteroatoms. The van der Waals surface area contributed by atoms with E-state index in [4.69, 9.17) is 9.47 Å². The number of ether oxygens (including phenoxy) is 2. The number of carbonyl (C=O) groups is 1. The maximum Gasteiger partial charge on any atom is 0.416 e. The topological polar surface area (TPSA) is 38.8 Å². The number of benzene rings is 3. The molecule has 0 unspecified atom stereocenters. The number of hydrogen-bond donors (Lipinski definition) is 0. The van der Waals surface area contributed by atoms with Crippen LogP contribution < -0.4 is 4.74 Å². The van der Waals surface area contributed by atoms with Gasteiger partial charge in [0, 0.05) is 11.6 Å². The van der Waals surface area contributed by atoms with Gasteiger partial charge in [0.05, 0.1) is 25.3 Å². The second kappa shape index (κ2) is 10.2. The van der Waals surface area contributed by atoms with Crippen molar-refractivity contribution < 1.29 is 31.8 Å². The largest absolute Gasteiger partial charge is 0.496 e. The monoisotopic (exact) mass is 501 g/mol. The predicted octanol–water partition coefficient (Wildman–Crippen LogP) is 7.21.